The molecule has 0 aliphatic carbocycles. The number of benzene rings is 1. The Balaban J connectivity index is 2.88. The second-order valence-electron chi connectivity index (χ2n) is 5.65. The van der Waals surface area contributed by atoms with Gasteiger partial charge in [-0.1, -0.05) is 26.8 Å². The van der Waals surface area contributed by atoms with Gasteiger partial charge >= 0.3 is 0 Å². The van der Waals surface area contributed by atoms with Crippen LogP contribution < -0.4 is 15.6 Å². The number of methoxy groups -OCH3 is 1. The molecule has 1 rings (SSSR count). The molecular formula is C16H21N3O2. The minimum atomic E-state index is -0.278. The Kier molecular flexibility index (Phi) is 5.37. The van der Waals surface area contributed by atoms with Crippen molar-refractivity contribution in [2.24, 2.45) is 5.41 Å². The highest BCUT2D eigenvalue weighted by molar-refractivity contribution is 5.96. The van der Waals surface area contributed by atoms with Crippen molar-refractivity contribution in [3.63, 3.8) is 0 Å². The summed E-state index contributed by atoms with van der Waals surface area (Å²) in [7, 11) is 1.57. The lowest BCUT2D eigenvalue weighted by Crippen LogP contribution is -2.40. The number of nitrogens with one attached hydrogen (secondary N) is 2. The number of carbonyl (C=O) groups is 1. The van der Waals surface area contributed by atoms with Crippen molar-refractivity contribution in [1.29, 1.82) is 5.26 Å². The second kappa shape index (κ2) is 6.80. The molecule has 0 saturated heterocycles. The minimum Gasteiger partial charge on any atom is -0.496 e. The van der Waals surface area contributed by atoms with Crippen molar-refractivity contribution in [3.8, 4) is 11.8 Å². The van der Waals surface area contributed by atoms with Crippen molar-refractivity contribution in [2.75, 3.05) is 7.11 Å². The van der Waals surface area contributed by atoms with Crippen LogP contribution in [0.5, 0.6) is 5.75 Å². The first kappa shape index (κ1) is 16.6. The van der Waals surface area contributed by atoms with Gasteiger partial charge in [0.2, 0.25) is 0 Å². The number of nitriles is 1. The van der Waals surface area contributed by atoms with Gasteiger partial charge in [0, 0.05) is 28.3 Å². The van der Waals surface area contributed by atoms with Crippen molar-refractivity contribution >= 4 is 5.91 Å². The number of hydrazine groups is 1. The van der Waals surface area contributed by atoms with E-state index in [0.29, 0.717) is 17.0 Å². The van der Waals surface area contributed by atoms with E-state index in [0.717, 1.165) is 5.56 Å². The van der Waals surface area contributed by atoms with E-state index in [1.165, 1.54) is 6.08 Å². The molecule has 0 heterocycles. The summed E-state index contributed by atoms with van der Waals surface area (Å²) in [6.07, 6.45) is 1.39. The number of hydrogen-bond acceptors (Lipinski definition) is 4. The highest BCUT2D eigenvalue weighted by atomic mass is 16.5. The predicted octanol–water partition coefficient (Wildman–Crippen LogP) is 2.69. The highest BCUT2D eigenvalue weighted by Gasteiger charge is 2.18. The van der Waals surface area contributed by atoms with Gasteiger partial charge in [-0.3, -0.25) is 10.2 Å². The fraction of sp³-hybridized carbons (Fsp3) is 0.375. The zero-order chi connectivity index (χ0) is 16.0. The number of carbonyl (C=O) groups excluding carboxylic acids is 1. The molecule has 112 valence electrons. The maximum atomic E-state index is 12.2. The Morgan fingerprint density at radius 2 is 2.00 bits per heavy atom. The van der Waals surface area contributed by atoms with Crippen LogP contribution in [0, 0.1) is 23.7 Å². The molecule has 0 saturated carbocycles. The van der Waals surface area contributed by atoms with Gasteiger partial charge in [-0.25, -0.2) is 0 Å². The van der Waals surface area contributed by atoms with Crippen LogP contribution in [0.2, 0.25) is 0 Å². The highest BCUT2D eigenvalue weighted by Crippen LogP contribution is 2.23. The van der Waals surface area contributed by atoms with Crippen molar-refractivity contribution in [1.82, 2.24) is 10.9 Å². The minimum absolute atomic E-state index is 0.271. The Morgan fingerprint density at radius 1 is 1.33 bits per heavy atom. The second-order valence-corrected chi connectivity index (χ2v) is 5.65. The molecule has 0 spiro atoms. The quantitative estimate of drug-likeness (QED) is 0.659. The zero-order valence-electron chi connectivity index (χ0n) is 13.1. The first-order valence-corrected chi connectivity index (χ1v) is 6.61. The molecule has 0 aromatic heterocycles. The van der Waals surface area contributed by atoms with Gasteiger partial charge in [-0.2, -0.15) is 5.26 Å². The van der Waals surface area contributed by atoms with Crippen LogP contribution in [0.3, 0.4) is 0 Å². The molecule has 0 fully saturated rings. The van der Waals surface area contributed by atoms with Crippen LogP contribution in [0.4, 0.5) is 0 Å². The maximum absolute atomic E-state index is 12.2. The molecule has 2 N–H and O–H groups in total. The lowest BCUT2D eigenvalue weighted by atomic mass is 9.92. The average Bonchev–Trinajstić information content (AvgIpc) is 2.42. The third kappa shape index (κ3) is 4.25. The molecule has 5 heteroatoms. The predicted molar refractivity (Wildman–Crippen MR) is 81.5 cm³/mol. The number of hydrogen-bond donors (Lipinski definition) is 2. The van der Waals surface area contributed by atoms with Crippen LogP contribution in [0.25, 0.3) is 0 Å². The summed E-state index contributed by atoms with van der Waals surface area (Å²) < 4.78 is 5.20. The Morgan fingerprint density at radius 3 is 2.52 bits per heavy atom. The first-order chi connectivity index (χ1) is 9.81. The SMILES string of the molecule is COc1cccc(C(=O)NNC(=CC#N)C(C)(C)C)c1C. The van der Waals surface area contributed by atoms with Gasteiger partial charge in [0.05, 0.1) is 13.2 Å². The normalized spacial score (nSPS) is 11.5. The summed E-state index contributed by atoms with van der Waals surface area (Å²) in [6, 6.07) is 7.26. The Hall–Kier alpha value is -2.48. The van der Waals surface area contributed by atoms with Gasteiger partial charge < -0.3 is 10.2 Å². The van der Waals surface area contributed by atoms with Crippen LogP contribution in [-0.2, 0) is 0 Å². The third-order valence-corrected chi connectivity index (χ3v) is 3.08. The number of nitrogens with zero attached hydrogens (tertiary/aromatic N) is 1. The molecule has 0 radical (unpaired) electrons. The Bertz CT molecular complexity index is 593. The maximum Gasteiger partial charge on any atom is 0.270 e. The average molecular weight is 287 g/mol. The first-order valence-electron chi connectivity index (χ1n) is 6.61. The van der Waals surface area contributed by atoms with E-state index < -0.39 is 0 Å². The van der Waals surface area contributed by atoms with E-state index in [9.17, 15) is 4.79 Å². The molecule has 0 aliphatic rings. The summed E-state index contributed by atoms with van der Waals surface area (Å²) in [5.41, 5.74) is 7.09. The van der Waals surface area contributed by atoms with Gasteiger partial charge in [0.25, 0.3) is 5.91 Å². The monoisotopic (exact) mass is 287 g/mol. The molecule has 1 aromatic rings. The molecule has 1 amide bonds. The van der Waals surface area contributed by atoms with Crippen molar-refractivity contribution in [2.45, 2.75) is 27.7 Å². The summed E-state index contributed by atoms with van der Waals surface area (Å²) in [4.78, 5) is 12.2. The number of rotatable bonds is 4. The molecular weight excluding hydrogens is 266 g/mol. The van der Waals surface area contributed by atoms with Gasteiger partial charge in [0.1, 0.15) is 5.75 Å². The van der Waals surface area contributed by atoms with E-state index in [-0.39, 0.29) is 11.3 Å². The molecule has 5 nitrogen and oxygen atoms in total. The fourth-order valence-electron chi connectivity index (χ4n) is 1.78. The molecule has 0 aliphatic heterocycles. The Labute approximate surface area is 125 Å². The van der Waals surface area contributed by atoms with Crippen molar-refractivity contribution in [3.05, 3.63) is 41.1 Å². The lowest BCUT2D eigenvalue weighted by molar-refractivity contribution is 0.0934. The van der Waals surface area contributed by atoms with Gasteiger partial charge in [-0.15, -0.1) is 0 Å². The standard InChI is InChI=1S/C16H21N3O2/c1-11-12(7-6-8-13(11)21-5)15(20)19-18-14(9-10-17)16(2,3)4/h6-9,18H,1-5H3,(H,19,20). The number of allylic oxidation sites excluding steroid dienone is 2. The van der Waals surface area contributed by atoms with Gasteiger partial charge in [0.15, 0.2) is 0 Å². The largest absolute Gasteiger partial charge is 0.496 e. The summed E-state index contributed by atoms with van der Waals surface area (Å²) in [6.45, 7) is 7.67. The molecule has 21 heavy (non-hydrogen) atoms. The third-order valence-electron chi connectivity index (χ3n) is 3.08. The molecule has 0 atom stereocenters. The van der Waals surface area contributed by atoms with Crippen LogP contribution in [0.15, 0.2) is 30.0 Å². The lowest BCUT2D eigenvalue weighted by Gasteiger charge is -2.24. The van der Waals surface area contributed by atoms with E-state index in [1.807, 2.05) is 33.8 Å². The van der Waals surface area contributed by atoms with Crippen LogP contribution in [-0.4, -0.2) is 13.0 Å². The smallest absolute Gasteiger partial charge is 0.270 e. The summed E-state index contributed by atoms with van der Waals surface area (Å²) in [5.74, 6) is 0.380. The van der Waals surface area contributed by atoms with Crippen molar-refractivity contribution < 1.29 is 9.53 Å². The van der Waals surface area contributed by atoms with E-state index in [2.05, 4.69) is 10.9 Å². The van der Waals surface area contributed by atoms with Crippen LogP contribution >= 0.6 is 0 Å². The van der Waals surface area contributed by atoms with Gasteiger partial charge in [-0.05, 0) is 19.1 Å². The van der Waals surface area contributed by atoms with E-state index in [1.54, 1.807) is 25.3 Å². The summed E-state index contributed by atoms with van der Waals surface area (Å²) >= 11 is 0. The van der Waals surface area contributed by atoms with Crippen LogP contribution in [0.1, 0.15) is 36.7 Å². The molecule has 1 aromatic carbocycles. The molecule has 0 bridgehead atoms. The topological polar surface area (TPSA) is 74.2 Å². The molecule has 0 unspecified atom stereocenters. The van der Waals surface area contributed by atoms with E-state index in [4.69, 9.17) is 10.00 Å². The zero-order valence-corrected chi connectivity index (χ0v) is 13.1. The van der Waals surface area contributed by atoms with E-state index >= 15 is 0 Å². The number of amides is 1. The summed E-state index contributed by atoms with van der Waals surface area (Å²) in [5, 5.41) is 8.80. The fourth-order valence-corrected chi connectivity index (χ4v) is 1.78. The number of ether oxygens (including phenoxy) is 1.